The van der Waals surface area contributed by atoms with E-state index >= 15 is 0 Å². The fraction of sp³-hybridized carbons (Fsp3) is 0.121. The Bertz CT molecular complexity index is 3580. The van der Waals surface area contributed by atoms with Crippen LogP contribution in [0.5, 0.6) is 0 Å². The number of aryl methyl sites for hydroxylation is 4. The van der Waals surface area contributed by atoms with E-state index in [0.717, 1.165) is 88.8 Å². The first kappa shape index (κ1) is 43.3. The normalized spacial score (nSPS) is 11.7. The number of ether oxygens (including phenoxy) is 2. The zero-order valence-electron chi connectivity index (χ0n) is 38.7. The minimum absolute atomic E-state index is 0.0445. The lowest BCUT2D eigenvalue weighted by atomic mass is 9.91. The number of benzene rings is 5. The summed E-state index contributed by atoms with van der Waals surface area (Å²) in [5, 5.41) is 3.13. The second-order valence-electron chi connectivity index (χ2n) is 17.4. The lowest BCUT2D eigenvalue weighted by Gasteiger charge is -2.13. The molecule has 0 radical (unpaired) electrons. The molecular formula is C58H47N5O5. The van der Waals surface area contributed by atoms with Crippen LogP contribution in [0.3, 0.4) is 0 Å². The molecule has 8 bridgehead atoms. The van der Waals surface area contributed by atoms with Crippen LogP contribution in [-0.4, -0.2) is 52.0 Å². The number of nitrogens with one attached hydrogen (secondary N) is 3. The van der Waals surface area contributed by atoms with Gasteiger partial charge in [-0.05, 0) is 92.4 Å². The molecule has 0 aliphatic carbocycles. The number of hydrogen-bond acceptors (Lipinski definition) is 7. The molecule has 334 valence electrons. The second kappa shape index (κ2) is 17.3. The molecule has 0 saturated carbocycles. The topological polar surface area (TPSA) is 139 Å². The molecule has 10 heteroatoms. The van der Waals surface area contributed by atoms with Gasteiger partial charge in [0.2, 0.25) is 5.91 Å². The van der Waals surface area contributed by atoms with Crippen molar-refractivity contribution in [2.24, 2.45) is 0 Å². The number of fused-ring (bicyclic) bond motifs is 11. The van der Waals surface area contributed by atoms with Gasteiger partial charge in [-0.25, -0.2) is 19.6 Å². The molecular weight excluding hydrogens is 847 g/mol. The third-order valence-corrected chi connectivity index (χ3v) is 12.6. The van der Waals surface area contributed by atoms with Gasteiger partial charge in [0, 0.05) is 62.4 Å². The van der Waals surface area contributed by atoms with Crippen LogP contribution in [0.2, 0.25) is 0 Å². The monoisotopic (exact) mass is 893 g/mol. The first-order chi connectivity index (χ1) is 32.9. The third-order valence-electron chi connectivity index (χ3n) is 12.6. The van der Waals surface area contributed by atoms with Crippen molar-refractivity contribution in [1.29, 1.82) is 0 Å². The SMILES string of the molecule is COC(=O)c1cc2c(cc1C(=O)OC)-c1nc-2c(-c2ccc(C)cc2)c2ccc([nH]2)c(-c2ccc(C)cc2)c2nc(c(-c3ccc(C)cc3)c3ccc([nH]3)c1-c1ccc(C)cc1)C(NC(C)=O)=C2. The maximum absolute atomic E-state index is 13.7. The summed E-state index contributed by atoms with van der Waals surface area (Å²) < 4.78 is 10.6. The molecule has 68 heavy (non-hydrogen) atoms. The third kappa shape index (κ3) is 7.75. The van der Waals surface area contributed by atoms with Crippen molar-refractivity contribution in [3.8, 4) is 67.0 Å². The van der Waals surface area contributed by atoms with Crippen molar-refractivity contribution < 1.29 is 23.9 Å². The number of nitrogens with zero attached hydrogens (tertiary/aromatic N) is 2. The van der Waals surface area contributed by atoms with Gasteiger partial charge >= 0.3 is 11.9 Å². The Labute approximate surface area is 393 Å². The fourth-order valence-electron chi connectivity index (χ4n) is 9.14. The van der Waals surface area contributed by atoms with E-state index in [9.17, 15) is 14.4 Å². The summed E-state index contributed by atoms with van der Waals surface area (Å²) in [4.78, 5) is 59.2. The number of carbonyl (C=O) groups is 3. The molecule has 2 aliphatic rings. The highest BCUT2D eigenvalue weighted by Gasteiger charge is 2.31. The van der Waals surface area contributed by atoms with Gasteiger partial charge in [-0.3, -0.25) is 4.79 Å². The highest BCUT2D eigenvalue weighted by atomic mass is 16.5. The predicted octanol–water partition coefficient (Wildman–Crippen LogP) is 12.8. The van der Waals surface area contributed by atoms with Crippen molar-refractivity contribution in [2.75, 3.05) is 14.2 Å². The van der Waals surface area contributed by atoms with Gasteiger partial charge in [0.1, 0.15) is 0 Å². The molecule has 2 aliphatic heterocycles. The molecule has 5 heterocycles. The van der Waals surface area contributed by atoms with E-state index in [2.05, 4.69) is 119 Å². The number of amides is 1. The Morgan fingerprint density at radius 3 is 1.15 bits per heavy atom. The van der Waals surface area contributed by atoms with Crippen LogP contribution in [0.15, 0.2) is 133 Å². The van der Waals surface area contributed by atoms with Crippen LogP contribution in [0.1, 0.15) is 61.3 Å². The van der Waals surface area contributed by atoms with Gasteiger partial charge in [-0.1, -0.05) is 119 Å². The molecule has 0 saturated heterocycles. The largest absolute Gasteiger partial charge is 0.465 e. The lowest BCUT2D eigenvalue weighted by Crippen LogP contribution is -2.17. The summed E-state index contributed by atoms with van der Waals surface area (Å²) in [5.74, 6) is -1.61. The number of aromatic amines is 2. The van der Waals surface area contributed by atoms with Crippen LogP contribution >= 0.6 is 0 Å². The van der Waals surface area contributed by atoms with Gasteiger partial charge < -0.3 is 24.8 Å². The smallest absolute Gasteiger partial charge is 0.338 e. The molecule has 0 fully saturated rings. The highest BCUT2D eigenvalue weighted by molar-refractivity contribution is 6.11. The van der Waals surface area contributed by atoms with Gasteiger partial charge in [0.25, 0.3) is 0 Å². The number of methoxy groups -OCH3 is 2. The summed E-state index contributed by atoms with van der Waals surface area (Å²) in [6.07, 6.45) is 1.95. The number of carbonyl (C=O) groups excluding carboxylic acids is 3. The zero-order chi connectivity index (χ0) is 47.4. The number of esters is 2. The first-order valence-electron chi connectivity index (χ1n) is 22.3. The minimum atomic E-state index is -0.692. The Balaban J connectivity index is 1.49. The summed E-state index contributed by atoms with van der Waals surface area (Å²) in [6.45, 7) is 9.68. The molecule has 8 aromatic rings. The molecule has 0 spiro atoms. The minimum Gasteiger partial charge on any atom is -0.465 e. The molecule has 1 amide bonds. The van der Waals surface area contributed by atoms with Crippen LogP contribution in [0.25, 0.3) is 101 Å². The Hall–Kier alpha value is -8.63. The Morgan fingerprint density at radius 2 is 0.794 bits per heavy atom. The van der Waals surface area contributed by atoms with Crippen molar-refractivity contribution in [3.63, 3.8) is 0 Å². The van der Waals surface area contributed by atoms with E-state index in [0.29, 0.717) is 39.6 Å². The first-order valence-corrected chi connectivity index (χ1v) is 22.3. The van der Waals surface area contributed by atoms with E-state index in [1.54, 1.807) is 12.1 Å². The quantitative estimate of drug-likeness (QED) is 0.135. The van der Waals surface area contributed by atoms with E-state index in [-0.39, 0.29) is 17.0 Å². The van der Waals surface area contributed by atoms with Crippen LogP contribution in [-0.2, 0) is 14.3 Å². The summed E-state index contributed by atoms with van der Waals surface area (Å²) in [6, 6.07) is 44.5. The Kier molecular flexibility index (Phi) is 11.0. The highest BCUT2D eigenvalue weighted by Crippen LogP contribution is 2.48. The maximum Gasteiger partial charge on any atom is 0.338 e. The fourth-order valence-corrected chi connectivity index (χ4v) is 9.14. The predicted molar refractivity (Wildman–Crippen MR) is 270 cm³/mol. The molecule has 10 nitrogen and oxygen atoms in total. The molecule has 0 unspecified atom stereocenters. The van der Waals surface area contributed by atoms with Crippen LogP contribution in [0, 0.1) is 27.7 Å². The van der Waals surface area contributed by atoms with Gasteiger partial charge in [0.05, 0.1) is 53.8 Å². The van der Waals surface area contributed by atoms with Crippen molar-refractivity contribution >= 4 is 51.7 Å². The van der Waals surface area contributed by atoms with E-state index < -0.39 is 11.9 Å². The van der Waals surface area contributed by atoms with Crippen molar-refractivity contribution in [2.45, 2.75) is 34.6 Å². The van der Waals surface area contributed by atoms with E-state index in [1.165, 1.54) is 21.1 Å². The van der Waals surface area contributed by atoms with Crippen molar-refractivity contribution in [3.05, 3.63) is 178 Å². The van der Waals surface area contributed by atoms with Crippen molar-refractivity contribution in [1.82, 2.24) is 25.3 Å². The lowest BCUT2D eigenvalue weighted by molar-refractivity contribution is -0.117. The molecule has 10 rings (SSSR count). The Morgan fingerprint density at radius 1 is 0.456 bits per heavy atom. The molecule has 0 atom stereocenters. The number of aromatic nitrogens is 4. The van der Waals surface area contributed by atoms with Gasteiger partial charge in [0.15, 0.2) is 0 Å². The number of rotatable bonds is 7. The van der Waals surface area contributed by atoms with E-state index in [4.69, 9.17) is 19.4 Å². The average molecular weight is 894 g/mol. The van der Waals surface area contributed by atoms with E-state index in [1.807, 2.05) is 51.1 Å². The van der Waals surface area contributed by atoms with Crippen LogP contribution < -0.4 is 5.32 Å². The van der Waals surface area contributed by atoms with Gasteiger partial charge in [-0.2, -0.15) is 0 Å². The standard InChI is InChI=1S/C58H47N5O5/c1-31-8-16-36(17-9-31)50-44-24-25-45(60-44)51(37-18-10-32(2)11-19-37)54-40-28-42(57(65)67-6)43(58(66)68-7)29-41(40)55(63-54)52(38-20-12-33(3)13-21-38)46-26-27-47(61-46)53(39-22-14-34(4)15-23-39)56-49(59-35(5)64)30-48(50)62-56/h8-30,60-61H,1-7H3,(H,59,64). The molecule has 5 aromatic carbocycles. The molecule has 3 N–H and O–H groups in total. The second-order valence-corrected chi connectivity index (χ2v) is 17.4. The molecule has 3 aromatic heterocycles. The average Bonchev–Trinajstić information content (AvgIpc) is 4.16. The summed E-state index contributed by atoms with van der Waals surface area (Å²) in [5.41, 5.74) is 18.1. The summed E-state index contributed by atoms with van der Waals surface area (Å²) >= 11 is 0. The van der Waals surface area contributed by atoms with Gasteiger partial charge in [-0.15, -0.1) is 0 Å². The number of hydrogen-bond donors (Lipinski definition) is 3. The summed E-state index contributed by atoms with van der Waals surface area (Å²) in [7, 11) is 2.58. The zero-order valence-corrected chi connectivity index (χ0v) is 38.7. The van der Waals surface area contributed by atoms with Crippen LogP contribution in [0.4, 0.5) is 0 Å². The maximum atomic E-state index is 13.7. The number of H-pyrrole nitrogens is 2.